The van der Waals surface area contributed by atoms with E-state index in [4.69, 9.17) is 5.11 Å². The second-order valence-corrected chi connectivity index (χ2v) is 5.06. The molecule has 0 aromatic carbocycles. The number of hydrogen-bond acceptors (Lipinski definition) is 5. The Hall–Kier alpha value is -2.18. The van der Waals surface area contributed by atoms with Crippen molar-refractivity contribution in [2.45, 2.75) is 20.0 Å². The van der Waals surface area contributed by atoms with Gasteiger partial charge in [-0.3, -0.25) is 14.7 Å². The van der Waals surface area contributed by atoms with E-state index in [2.05, 4.69) is 4.98 Å². The molecular weight excluding hydrogens is 282 g/mol. The van der Waals surface area contributed by atoms with Crippen LogP contribution in [0.2, 0.25) is 0 Å². The van der Waals surface area contributed by atoms with Crippen molar-refractivity contribution in [1.82, 2.24) is 14.5 Å². The third-order valence-corrected chi connectivity index (χ3v) is 3.50. The van der Waals surface area contributed by atoms with Crippen molar-refractivity contribution in [2.24, 2.45) is 0 Å². The number of likely N-dealkylation sites (N-methyl/N-ethyl adjacent to an activating group) is 1. The van der Waals surface area contributed by atoms with Crippen molar-refractivity contribution in [1.29, 1.82) is 0 Å². The van der Waals surface area contributed by atoms with Gasteiger partial charge in [0.2, 0.25) is 5.43 Å². The van der Waals surface area contributed by atoms with E-state index < -0.39 is 5.43 Å². The highest BCUT2D eigenvalue weighted by Crippen LogP contribution is 2.10. The van der Waals surface area contributed by atoms with Crippen LogP contribution in [0.5, 0.6) is 5.75 Å². The number of aliphatic hydroxyl groups excluding tert-OH is 1. The molecule has 2 N–H and O–H groups in total. The quantitative estimate of drug-likeness (QED) is 0.791. The van der Waals surface area contributed by atoms with Gasteiger partial charge in [0, 0.05) is 31.0 Å². The topological polar surface area (TPSA) is 78.6 Å². The fourth-order valence-corrected chi connectivity index (χ4v) is 2.27. The first kappa shape index (κ1) is 16.2. The van der Waals surface area contributed by atoms with E-state index in [9.17, 15) is 9.90 Å². The first-order valence-corrected chi connectivity index (χ1v) is 7.29. The standard InChI is InChI=1S/C16H21N3O3/c1-2-18(7-8-20)11-14-9-15(21)16(22)12-19(14)10-13-5-3-4-6-17-13/h3-6,9,12,20,22H,2,7-8,10-11H2,1H3. The number of hydrogen-bond donors (Lipinski definition) is 2. The lowest BCUT2D eigenvalue weighted by molar-refractivity contribution is 0.193. The molecule has 0 saturated carbocycles. The maximum atomic E-state index is 11.7. The van der Waals surface area contributed by atoms with Gasteiger partial charge in [-0.15, -0.1) is 0 Å². The summed E-state index contributed by atoms with van der Waals surface area (Å²) in [5.41, 5.74) is 1.23. The Morgan fingerprint density at radius 1 is 1.36 bits per heavy atom. The molecule has 0 aliphatic carbocycles. The summed E-state index contributed by atoms with van der Waals surface area (Å²) in [6.45, 7) is 4.36. The maximum Gasteiger partial charge on any atom is 0.223 e. The van der Waals surface area contributed by atoms with Gasteiger partial charge in [-0.05, 0) is 18.7 Å². The normalized spacial score (nSPS) is 11.0. The van der Waals surface area contributed by atoms with Gasteiger partial charge in [0.15, 0.2) is 5.75 Å². The molecule has 0 unspecified atom stereocenters. The Morgan fingerprint density at radius 2 is 2.18 bits per heavy atom. The predicted octanol–water partition coefficient (Wildman–Crippen LogP) is 0.811. The van der Waals surface area contributed by atoms with Crippen LogP contribution in [0, 0.1) is 0 Å². The average molecular weight is 303 g/mol. The molecule has 2 aromatic rings. The first-order chi connectivity index (χ1) is 10.6. The van der Waals surface area contributed by atoms with Crippen LogP contribution in [0.1, 0.15) is 18.3 Å². The van der Waals surface area contributed by atoms with E-state index in [0.29, 0.717) is 19.6 Å². The smallest absolute Gasteiger partial charge is 0.223 e. The van der Waals surface area contributed by atoms with Gasteiger partial charge in [-0.1, -0.05) is 13.0 Å². The summed E-state index contributed by atoms with van der Waals surface area (Å²) >= 11 is 0. The lowest BCUT2D eigenvalue weighted by atomic mass is 10.2. The summed E-state index contributed by atoms with van der Waals surface area (Å²) in [5, 5.41) is 18.8. The molecule has 118 valence electrons. The third-order valence-electron chi connectivity index (χ3n) is 3.50. The fraction of sp³-hybridized carbons (Fsp3) is 0.375. The van der Waals surface area contributed by atoms with Gasteiger partial charge in [0.25, 0.3) is 0 Å². The van der Waals surface area contributed by atoms with Crippen LogP contribution >= 0.6 is 0 Å². The van der Waals surface area contributed by atoms with Crippen LogP contribution in [0.25, 0.3) is 0 Å². The van der Waals surface area contributed by atoms with E-state index in [-0.39, 0.29) is 12.4 Å². The number of aromatic nitrogens is 2. The SMILES string of the molecule is CCN(CCO)Cc1cc(=O)c(O)cn1Cc1ccccn1. The van der Waals surface area contributed by atoms with Crippen molar-refractivity contribution < 1.29 is 10.2 Å². The number of aliphatic hydroxyl groups is 1. The van der Waals surface area contributed by atoms with E-state index in [1.54, 1.807) is 6.20 Å². The minimum Gasteiger partial charge on any atom is -0.503 e. The van der Waals surface area contributed by atoms with Gasteiger partial charge in [0.05, 0.1) is 25.0 Å². The average Bonchev–Trinajstić information content (AvgIpc) is 2.52. The van der Waals surface area contributed by atoms with Gasteiger partial charge in [-0.25, -0.2) is 0 Å². The number of rotatable bonds is 7. The highest BCUT2D eigenvalue weighted by atomic mass is 16.3. The van der Waals surface area contributed by atoms with Gasteiger partial charge in [0.1, 0.15) is 0 Å². The van der Waals surface area contributed by atoms with Crippen molar-refractivity contribution in [2.75, 3.05) is 19.7 Å². The minimum atomic E-state index is -0.396. The molecule has 2 heterocycles. The first-order valence-electron chi connectivity index (χ1n) is 7.29. The molecule has 0 radical (unpaired) electrons. The van der Waals surface area contributed by atoms with Crippen LogP contribution in [0.3, 0.4) is 0 Å². The van der Waals surface area contributed by atoms with Gasteiger partial charge < -0.3 is 14.8 Å². The van der Waals surface area contributed by atoms with Crippen LogP contribution in [0.4, 0.5) is 0 Å². The zero-order valence-electron chi connectivity index (χ0n) is 12.6. The zero-order valence-corrected chi connectivity index (χ0v) is 12.6. The van der Waals surface area contributed by atoms with E-state index >= 15 is 0 Å². The maximum absolute atomic E-state index is 11.7. The lowest BCUT2D eigenvalue weighted by Gasteiger charge is -2.22. The highest BCUT2D eigenvalue weighted by molar-refractivity contribution is 5.21. The summed E-state index contributed by atoms with van der Waals surface area (Å²) in [6.07, 6.45) is 3.15. The fourth-order valence-electron chi connectivity index (χ4n) is 2.27. The third kappa shape index (κ3) is 4.16. The molecule has 0 bridgehead atoms. The van der Waals surface area contributed by atoms with Crippen LogP contribution < -0.4 is 5.43 Å². The summed E-state index contributed by atoms with van der Waals surface area (Å²) in [5.74, 6) is -0.273. The summed E-state index contributed by atoms with van der Waals surface area (Å²) in [7, 11) is 0. The van der Waals surface area contributed by atoms with Crippen molar-refractivity contribution in [3.05, 3.63) is 58.3 Å². The monoisotopic (exact) mass is 303 g/mol. The van der Waals surface area contributed by atoms with E-state index in [0.717, 1.165) is 17.9 Å². The Bertz CT molecular complexity index is 655. The molecule has 2 rings (SSSR count). The van der Waals surface area contributed by atoms with Crippen LogP contribution in [0.15, 0.2) is 41.5 Å². The molecule has 0 amide bonds. The number of pyridine rings is 2. The highest BCUT2D eigenvalue weighted by Gasteiger charge is 2.10. The van der Waals surface area contributed by atoms with Crippen LogP contribution in [-0.4, -0.2) is 44.4 Å². The lowest BCUT2D eigenvalue weighted by Crippen LogP contribution is -2.28. The summed E-state index contributed by atoms with van der Waals surface area (Å²) in [6, 6.07) is 7.07. The minimum absolute atomic E-state index is 0.0659. The van der Waals surface area contributed by atoms with Gasteiger partial charge in [-0.2, -0.15) is 0 Å². The predicted molar refractivity (Wildman–Crippen MR) is 83.7 cm³/mol. The molecule has 0 spiro atoms. The molecule has 6 heteroatoms. The largest absolute Gasteiger partial charge is 0.503 e. The van der Waals surface area contributed by atoms with E-state index in [1.165, 1.54) is 12.3 Å². The molecule has 2 aromatic heterocycles. The Balaban J connectivity index is 2.30. The molecule has 6 nitrogen and oxygen atoms in total. The second-order valence-electron chi connectivity index (χ2n) is 5.06. The Morgan fingerprint density at radius 3 is 2.82 bits per heavy atom. The molecule has 0 aliphatic rings. The molecule has 0 atom stereocenters. The van der Waals surface area contributed by atoms with Crippen LogP contribution in [-0.2, 0) is 13.1 Å². The molecule has 0 fully saturated rings. The molecule has 0 aliphatic heterocycles. The van der Waals surface area contributed by atoms with Crippen molar-refractivity contribution in [3.8, 4) is 5.75 Å². The Labute approximate surface area is 129 Å². The number of aromatic hydroxyl groups is 1. The second kappa shape index (κ2) is 7.72. The summed E-state index contributed by atoms with van der Waals surface area (Å²) < 4.78 is 1.82. The summed E-state index contributed by atoms with van der Waals surface area (Å²) in [4.78, 5) is 18.0. The zero-order chi connectivity index (χ0) is 15.9. The van der Waals surface area contributed by atoms with E-state index in [1.807, 2.05) is 34.6 Å². The van der Waals surface area contributed by atoms with Crippen molar-refractivity contribution in [3.63, 3.8) is 0 Å². The van der Waals surface area contributed by atoms with Crippen molar-refractivity contribution >= 4 is 0 Å². The number of nitrogens with zero attached hydrogens (tertiary/aromatic N) is 3. The molecular formula is C16H21N3O3. The Kier molecular flexibility index (Phi) is 5.68. The molecule has 22 heavy (non-hydrogen) atoms. The van der Waals surface area contributed by atoms with Gasteiger partial charge >= 0.3 is 0 Å². The molecule has 0 saturated heterocycles.